The molecule has 1 aromatic carbocycles. The first-order valence-electron chi connectivity index (χ1n) is 7.42. The van der Waals surface area contributed by atoms with E-state index in [4.69, 9.17) is 15.0 Å². The van der Waals surface area contributed by atoms with E-state index in [1.807, 2.05) is 34.7 Å². The molecule has 0 saturated carbocycles. The van der Waals surface area contributed by atoms with Gasteiger partial charge in [0.1, 0.15) is 5.82 Å². The minimum atomic E-state index is -0.531. The van der Waals surface area contributed by atoms with E-state index < -0.39 is 18.3 Å². The summed E-state index contributed by atoms with van der Waals surface area (Å²) < 4.78 is 26.1. The monoisotopic (exact) mass is 306 g/mol. The Morgan fingerprint density at radius 1 is 1.27 bits per heavy atom. The fourth-order valence-electron chi connectivity index (χ4n) is 2.29. The first kappa shape index (κ1) is 17.0. The number of hydrogen-bond acceptors (Lipinski definition) is 4. The van der Waals surface area contributed by atoms with Gasteiger partial charge in [0.15, 0.2) is 0 Å². The highest BCUT2D eigenvalue weighted by Crippen LogP contribution is 2.39. The minimum Gasteiger partial charge on any atom is -0.400 e. The third kappa shape index (κ3) is 3.19. The Kier molecular flexibility index (Phi) is 4.66. The molecule has 0 aromatic heterocycles. The van der Waals surface area contributed by atoms with Crippen molar-refractivity contribution >= 4 is 18.9 Å². The number of hydrogen-bond donors (Lipinski definition) is 2. The van der Waals surface area contributed by atoms with Gasteiger partial charge in [-0.1, -0.05) is 12.1 Å². The van der Waals surface area contributed by atoms with E-state index in [1.165, 1.54) is 6.07 Å². The molecule has 0 aliphatic carbocycles. The van der Waals surface area contributed by atoms with Crippen molar-refractivity contribution < 1.29 is 13.7 Å². The highest BCUT2D eigenvalue weighted by Gasteiger charge is 2.52. The van der Waals surface area contributed by atoms with Crippen LogP contribution in [0.25, 0.3) is 6.08 Å². The largest absolute Gasteiger partial charge is 0.491 e. The van der Waals surface area contributed by atoms with Crippen LogP contribution in [-0.4, -0.2) is 31.9 Å². The molecule has 1 aliphatic rings. The molecule has 120 valence electrons. The summed E-state index contributed by atoms with van der Waals surface area (Å²) in [6, 6.07) is 4.66. The zero-order chi connectivity index (χ0) is 16.5. The van der Waals surface area contributed by atoms with E-state index >= 15 is 0 Å². The van der Waals surface area contributed by atoms with Gasteiger partial charge >= 0.3 is 7.12 Å². The van der Waals surface area contributed by atoms with Gasteiger partial charge in [-0.15, -0.1) is 0 Å². The molecule has 1 aliphatic heterocycles. The molecule has 3 N–H and O–H groups in total. The molecule has 0 radical (unpaired) electrons. The van der Waals surface area contributed by atoms with Crippen molar-refractivity contribution in [3.05, 3.63) is 35.1 Å². The molecular weight excluding hydrogens is 282 g/mol. The Bertz CT molecular complexity index is 551. The number of likely N-dealkylation sites (N-methyl/N-ethyl adjacent to an activating group) is 1. The molecule has 1 saturated heterocycles. The van der Waals surface area contributed by atoms with Crippen molar-refractivity contribution in [2.24, 2.45) is 0 Å². The number of rotatable bonds is 4. The molecule has 22 heavy (non-hydrogen) atoms. The Morgan fingerprint density at radius 3 is 2.36 bits per heavy atom. The van der Waals surface area contributed by atoms with E-state index in [-0.39, 0.29) is 5.82 Å². The summed E-state index contributed by atoms with van der Waals surface area (Å²) in [7, 11) is 1.29. The predicted octanol–water partition coefficient (Wildman–Crippen LogP) is 2.64. The second-order valence-electron chi connectivity index (χ2n) is 6.58. The van der Waals surface area contributed by atoms with E-state index in [0.717, 1.165) is 5.47 Å². The third-order valence-corrected chi connectivity index (χ3v) is 4.35. The van der Waals surface area contributed by atoms with Crippen molar-refractivity contribution in [1.82, 2.24) is 5.32 Å². The normalized spacial score (nSPS) is 20.5. The Balaban J connectivity index is 2.38. The second-order valence-corrected chi connectivity index (χ2v) is 6.58. The number of nitrogen functional groups attached to an aromatic ring is 1. The molecule has 0 amide bonds. The highest BCUT2D eigenvalue weighted by atomic mass is 19.1. The molecule has 4 nitrogen and oxygen atoms in total. The summed E-state index contributed by atoms with van der Waals surface area (Å²) in [4.78, 5) is 0. The summed E-state index contributed by atoms with van der Waals surface area (Å²) in [5.74, 6) is -0.356. The maximum absolute atomic E-state index is 14.0. The van der Waals surface area contributed by atoms with Crippen LogP contribution in [-0.2, 0) is 9.31 Å². The van der Waals surface area contributed by atoms with Gasteiger partial charge in [-0.2, -0.15) is 0 Å². The molecule has 6 heteroatoms. The lowest BCUT2D eigenvalue weighted by Gasteiger charge is -2.32. The van der Waals surface area contributed by atoms with Crippen molar-refractivity contribution in [3.8, 4) is 0 Å². The Morgan fingerprint density at radius 2 is 1.86 bits per heavy atom. The van der Waals surface area contributed by atoms with E-state index in [1.54, 1.807) is 18.2 Å². The lowest BCUT2D eigenvalue weighted by molar-refractivity contribution is 0.00578. The summed E-state index contributed by atoms with van der Waals surface area (Å²) >= 11 is 0. The average Bonchev–Trinajstić information content (AvgIpc) is 2.61. The number of halogens is 1. The van der Waals surface area contributed by atoms with E-state index in [9.17, 15) is 4.39 Å². The smallest absolute Gasteiger partial charge is 0.400 e. The first-order chi connectivity index (χ1) is 10.2. The van der Waals surface area contributed by atoms with Gasteiger partial charge in [-0.05, 0) is 52.3 Å². The van der Waals surface area contributed by atoms with Gasteiger partial charge < -0.3 is 20.4 Å². The van der Waals surface area contributed by atoms with Gasteiger partial charge in [0.25, 0.3) is 0 Å². The quantitative estimate of drug-likeness (QED) is 0.663. The molecule has 1 fully saturated rings. The predicted molar refractivity (Wildman–Crippen MR) is 88.8 cm³/mol. The van der Waals surface area contributed by atoms with Crippen LogP contribution in [0.5, 0.6) is 0 Å². The van der Waals surface area contributed by atoms with Crippen LogP contribution < -0.4 is 11.1 Å². The number of anilines is 1. The lowest BCUT2D eigenvalue weighted by atomic mass is 9.77. The number of benzene rings is 1. The molecular formula is C16H24BFN2O2. The van der Waals surface area contributed by atoms with Crippen molar-refractivity contribution in [1.29, 1.82) is 0 Å². The third-order valence-electron chi connectivity index (χ3n) is 4.35. The SMILES string of the molecule is CNCC(=Cc1c(N)cccc1F)B1OC(C)(C)C(C)(C)O1. The van der Waals surface area contributed by atoms with Crippen LogP contribution in [0.3, 0.4) is 0 Å². The fraction of sp³-hybridized carbons (Fsp3) is 0.500. The Hall–Kier alpha value is -1.37. The topological polar surface area (TPSA) is 56.5 Å². The van der Waals surface area contributed by atoms with Crippen LogP contribution in [0.4, 0.5) is 10.1 Å². The number of nitrogens with one attached hydrogen (secondary N) is 1. The van der Waals surface area contributed by atoms with Gasteiger partial charge in [0.2, 0.25) is 0 Å². The molecule has 0 atom stereocenters. The van der Waals surface area contributed by atoms with Crippen LogP contribution in [0.15, 0.2) is 23.7 Å². The maximum Gasteiger partial charge on any atom is 0.491 e. The second kappa shape index (κ2) is 6.03. The van der Waals surface area contributed by atoms with Gasteiger partial charge in [0.05, 0.1) is 11.2 Å². The average molecular weight is 306 g/mol. The molecule has 1 aromatic rings. The maximum atomic E-state index is 14.0. The standard InChI is InChI=1S/C16H24BFN2O2/c1-15(2)16(3,4)22-17(21-15)11(10-20-5)9-12-13(18)7-6-8-14(12)19/h6-9,20H,10,19H2,1-5H3. The molecule has 0 spiro atoms. The summed E-state index contributed by atoms with van der Waals surface area (Å²) in [5.41, 5.74) is 6.57. The van der Waals surface area contributed by atoms with Crippen LogP contribution in [0.2, 0.25) is 0 Å². The summed E-state index contributed by atoms with van der Waals surface area (Å²) in [6.45, 7) is 8.47. The zero-order valence-corrected chi connectivity index (χ0v) is 13.9. The van der Waals surface area contributed by atoms with E-state index in [2.05, 4.69) is 5.32 Å². The fourth-order valence-corrected chi connectivity index (χ4v) is 2.29. The van der Waals surface area contributed by atoms with Gasteiger partial charge in [0, 0.05) is 17.8 Å². The van der Waals surface area contributed by atoms with E-state index in [0.29, 0.717) is 17.8 Å². The number of nitrogens with two attached hydrogens (primary N) is 1. The van der Waals surface area contributed by atoms with Crippen molar-refractivity contribution in [2.75, 3.05) is 19.3 Å². The van der Waals surface area contributed by atoms with Crippen LogP contribution in [0.1, 0.15) is 33.3 Å². The molecule has 0 unspecified atom stereocenters. The van der Waals surface area contributed by atoms with Crippen LogP contribution in [0, 0.1) is 5.82 Å². The van der Waals surface area contributed by atoms with Crippen molar-refractivity contribution in [3.63, 3.8) is 0 Å². The molecule has 1 heterocycles. The van der Waals surface area contributed by atoms with Gasteiger partial charge in [-0.3, -0.25) is 0 Å². The highest BCUT2D eigenvalue weighted by molar-refractivity contribution is 6.56. The first-order valence-corrected chi connectivity index (χ1v) is 7.42. The van der Waals surface area contributed by atoms with Crippen molar-refractivity contribution in [2.45, 2.75) is 38.9 Å². The molecule has 2 rings (SSSR count). The van der Waals surface area contributed by atoms with Crippen LogP contribution >= 0.6 is 0 Å². The Labute approximate surface area is 132 Å². The van der Waals surface area contributed by atoms with Gasteiger partial charge in [-0.25, -0.2) is 4.39 Å². The lowest BCUT2D eigenvalue weighted by Crippen LogP contribution is -2.41. The zero-order valence-electron chi connectivity index (χ0n) is 13.9. The minimum absolute atomic E-state index is 0.356. The summed E-state index contributed by atoms with van der Waals surface area (Å²) in [6.07, 6.45) is 1.71. The molecule has 0 bridgehead atoms. The summed E-state index contributed by atoms with van der Waals surface area (Å²) in [5, 5.41) is 3.07.